The van der Waals surface area contributed by atoms with Crippen molar-refractivity contribution < 1.29 is 19.1 Å². The van der Waals surface area contributed by atoms with Crippen molar-refractivity contribution in [2.75, 3.05) is 0 Å². The average Bonchev–Trinajstić information content (AvgIpc) is 2.81. The van der Waals surface area contributed by atoms with Crippen molar-refractivity contribution in [3.05, 3.63) is 52.3 Å². The van der Waals surface area contributed by atoms with Gasteiger partial charge in [0.25, 0.3) is 0 Å². The molecule has 24 heavy (non-hydrogen) atoms. The molecule has 0 unspecified atom stereocenters. The Bertz CT molecular complexity index is 803. The van der Waals surface area contributed by atoms with Gasteiger partial charge in [-0.25, -0.2) is 0 Å². The number of aromatic nitrogens is 1. The van der Waals surface area contributed by atoms with Crippen LogP contribution in [0.4, 0.5) is 0 Å². The van der Waals surface area contributed by atoms with Gasteiger partial charge in [0.2, 0.25) is 11.7 Å². The number of benzene rings is 1. The molecule has 0 saturated heterocycles. The predicted molar refractivity (Wildman–Crippen MR) is 89.7 cm³/mol. The first-order valence-electron chi connectivity index (χ1n) is 7.53. The molecule has 1 amide bonds. The maximum absolute atomic E-state index is 12.6. The number of ketones is 2. The molecule has 0 spiro atoms. The van der Waals surface area contributed by atoms with Crippen molar-refractivity contribution in [2.24, 2.45) is 5.73 Å². The Labute approximate surface area is 140 Å². The number of primary amides is 1. The lowest BCUT2D eigenvalue weighted by Crippen LogP contribution is -2.25. The molecule has 1 heterocycles. The number of ether oxygens (including phenoxy) is 1. The fourth-order valence-corrected chi connectivity index (χ4v) is 2.68. The van der Waals surface area contributed by atoms with Gasteiger partial charge in [-0.2, -0.15) is 0 Å². The fraction of sp³-hybridized carbons (Fsp3) is 0.278. The molecule has 0 radical (unpaired) electrons. The number of carbonyl (C=O) groups is 3. The lowest BCUT2D eigenvalue weighted by Gasteiger charge is -2.13. The molecule has 2 aromatic rings. The summed E-state index contributed by atoms with van der Waals surface area (Å²) in [6, 6.07) is 6.23. The summed E-state index contributed by atoms with van der Waals surface area (Å²) in [4.78, 5) is 38.3. The average molecular weight is 328 g/mol. The molecule has 6 nitrogen and oxygen atoms in total. The summed E-state index contributed by atoms with van der Waals surface area (Å²) in [5, 5.41) is 0. The largest absolute Gasteiger partial charge is 0.483 e. The molecule has 2 rings (SSSR count). The smallest absolute Gasteiger partial charge is 0.248 e. The normalized spacial score (nSPS) is 11.8. The zero-order chi connectivity index (χ0) is 18.0. The molecule has 6 heteroatoms. The van der Waals surface area contributed by atoms with E-state index < -0.39 is 12.0 Å². The Morgan fingerprint density at radius 2 is 1.71 bits per heavy atom. The van der Waals surface area contributed by atoms with E-state index in [-0.39, 0.29) is 11.6 Å². The second-order valence-corrected chi connectivity index (χ2v) is 5.69. The van der Waals surface area contributed by atoms with Gasteiger partial charge in [0, 0.05) is 16.8 Å². The number of hydrogen-bond donors (Lipinski definition) is 2. The summed E-state index contributed by atoms with van der Waals surface area (Å²) in [6.07, 6.45) is -0.749. The number of aryl methyl sites for hydroxylation is 1. The number of nitrogens with one attached hydrogen (secondary N) is 1. The van der Waals surface area contributed by atoms with Crippen LogP contribution in [-0.4, -0.2) is 28.6 Å². The molecule has 0 fully saturated rings. The maximum atomic E-state index is 12.6. The van der Waals surface area contributed by atoms with Crippen LogP contribution < -0.4 is 10.5 Å². The summed E-state index contributed by atoms with van der Waals surface area (Å²) >= 11 is 0. The van der Waals surface area contributed by atoms with Gasteiger partial charge in [-0.3, -0.25) is 14.4 Å². The summed E-state index contributed by atoms with van der Waals surface area (Å²) < 4.78 is 5.62. The number of rotatable bonds is 6. The zero-order valence-electron chi connectivity index (χ0n) is 14.1. The van der Waals surface area contributed by atoms with Gasteiger partial charge in [-0.1, -0.05) is 0 Å². The monoisotopic (exact) mass is 328 g/mol. The van der Waals surface area contributed by atoms with Gasteiger partial charge >= 0.3 is 0 Å². The molecule has 0 saturated carbocycles. The quantitative estimate of drug-likeness (QED) is 0.796. The Kier molecular flexibility index (Phi) is 4.87. The zero-order valence-corrected chi connectivity index (χ0v) is 14.1. The Hall–Kier alpha value is -2.89. The van der Waals surface area contributed by atoms with E-state index in [1.165, 1.54) is 19.1 Å². The number of amides is 1. The van der Waals surface area contributed by atoms with Gasteiger partial charge in [-0.05, 0) is 57.5 Å². The Morgan fingerprint density at radius 3 is 2.17 bits per heavy atom. The molecule has 1 aromatic heterocycles. The molecule has 3 N–H and O–H groups in total. The summed E-state index contributed by atoms with van der Waals surface area (Å²) in [6.45, 7) is 6.60. The minimum Gasteiger partial charge on any atom is -0.483 e. The topological polar surface area (TPSA) is 102 Å². The minimum atomic E-state index is -0.749. The first kappa shape index (κ1) is 17.5. The molecule has 0 bridgehead atoms. The van der Waals surface area contributed by atoms with E-state index in [0.717, 1.165) is 0 Å². The summed E-state index contributed by atoms with van der Waals surface area (Å²) in [5.41, 5.74) is 7.75. The second-order valence-electron chi connectivity index (χ2n) is 5.69. The molecular weight excluding hydrogens is 308 g/mol. The van der Waals surface area contributed by atoms with Crippen LogP contribution in [0, 0.1) is 13.8 Å². The van der Waals surface area contributed by atoms with E-state index in [2.05, 4.69) is 4.98 Å². The molecule has 126 valence electrons. The van der Waals surface area contributed by atoms with E-state index in [0.29, 0.717) is 33.8 Å². The lowest BCUT2D eigenvalue weighted by atomic mass is 10.0. The van der Waals surface area contributed by atoms with E-state index >= 15 is 0 Å². The Balaban J connectivity index is 2.19. The highest BCUT2D eigenvalue weighted by Crippen LogP contribution is 2.21. The van der Waals surface area contributed by atoms with Gasteiger partial charge in [0.1, 0.15) is 5.75 Å². The van der Waals surface area contributed by atoms with Crippen molar-refractivity contribution in [1.82, 2.24) is 4.98 Å². The molecule has 0 aliphatic heterocycles. The molecule has 0 aliphatic carbocycles. The van der Waals surface area contributed by atoms with E-state index in [4.69, 9.17) is 10.5 Å². The number of H-pyrrole nitrogens is 1. The SMILES string of the molecule is CC(=O)c1c(C)[nH]c(C(=O)[C@@H](C)Oc2ccc(C(N)=O)cc2)c1C. The fourth-order valence-electron chi connectivity index (χ4n) is 2.68. The molecule has 1 atom stereocenters. The first-order chi connectivity index (χ1) is 11.2. The van der Waals surface area contributed by atoms with Crippen LogP contribution in [0.2, 0.25) is 0 Å². The lowest BCUT2D eigenvalue weighted by molar-refractivity contribution is 0.0812. The highest BCUT2D eigenvalue weighted by atomic mass is 16.5. The number of aromatic amines is 1. The highest BCUT2D eigenvalue weighted by Gasteiger charge is 2.24. The van der Waals surface area contributed by atoms with Gasteiger partial charge in [0.15, 0.2) is 11.9 Å². The van der Waals surface area contributed by atoms with E-state index in [9.17, 15) is 14.4 Å². The summed E-state index contributed by atoms with van der Waals surface area (Å²) in [5.74, 6) is -0.411. The minimum absolute atomic E-state index is 0.0871. The van der Waals surface area contributed by atoms with Crippen LogP contribution in [0.3, 0.4) is 0 Å². The molecule has 0 aliphatic rings. The van der Waals surface area contributed by atoms with Crippen LogP contribution in [0.1, 0.15) is 56.3 Å². The number of nitrogens with two attached hydrogens (primary N) is 1. The second kappa shape index (κ2) is 6.70. The van der Waals surface area contributed by atoms with Crippen molar-refractivity contribution >= 4 is 17.5 Å². The van der Waals surface area contributed by atoms with Crippen molar-refractivity contribution in [2.45, 2.75) is 33.8 Å². The van der Waals surface area contributed by atoms with Crippen LogP contribution in [0.5, 0.6) is 5.75 Å². The Morgan fingerprint density at radius 1 is 1.12 bits per heavy atom. The first-order valence-corrected chi connectivity index (χ1v) is 7.53. The molecule has 1 aromatic carbocycles. The number of carbonyl (C=O) groups excluding carboxylic acids is 3. The van der Waals surface area contributed by atoms with E-state index in [1.54, 1.807) is 32.9 Å². The number of Topliss-reactive ketones (excluding diaryl/α,β-unsaturated/α-hetero) is 2. The van der Waals surface area contributed by atoms with Gasteiger partial charge in [-0.15, -0.1) is 0 Å². The van der Waals surface area contributed by atoms with Gasteiger partial charge < -0.3 is 15.5 Å². The van der Waals surface area contributed by atoms with Crippen LogP contribution in [0.15, 0.2) is 24.3 Å². The highest BCUT2D eigenvalue weighted by molar-refractivity contribution is 6.04. The van der Waals surface area contributed by atoms with Gasteiger partial charge in [0.05, 0.1) is 5.69 Å². The van der Waals surface area contributed by atoms with Crippen molar-refractivity contribution in [1.29, 1.82) is 0 Å². The predicted octanol–water partition coefficient (Wildman–Crippen LogP) is 2.58. The third kappa shape index (κ3) is 3.37. The van der Waals surface area contributed by atoms with Crippen LogP contribution in [0.25, 0.3) is 0 Å². The van der Waals surface area contributed by atoms with E-state index in [1.807, 2.05) is 0 Å². The van der Waals surface area contributed by atoms with Crippen LogP contribution in [-0.2, 0) is 0 Å². The third-order valence-electron chi connectivity index (χ3n) is 3.86. The number of hydrogen-bond acceptors (Lipinski definition) is 4. The van der Waals surface area contributed by atoms with Crippen molar-refractivity contribution in [3.63, 3.8) is 0 Å². The third-order valence-corrected chi connectivity index (χ3v) is 3.86. The van der Waals surface area contributed by atoms with Crippen molar-refractivity contribution in [3.8, 4) is 5.75 Å². The molecular formula is C18H20N2O4. The summed E-state index contributed by atoms with van der Waals surface area (Å²) in [7, 11) is 0. The maximum Gasteiger partial charge on any atom is 0.248 e. The standard InChI is InChI=1S/C18H20N2O4/c1-9-15(11(3)21)10(2)20-16(9)17(22)12(4)24-14-7-5-13(6-8-14)18(19)23/h5-8,12,20H,1-4H3,(H2,19,23)/t12-/m1/s1. The van der Waals surface area contributed by atoms with Crippen LogP contribution >= 0.6 is 0 Å².